The van der Waals surface area contributed by atoms with Crippen LogP contribution >= 0.6 is 0 Å². The molecule has 1 aliphatic heterocycles. The van der Waals surface area contributed by atoms with Crippen molar-refractivity contribution in [2.45, 2.75) is 13.3 Å². The Morgan fingerprint density at radius 2 is 1.72 bits per heavy atom. The summed E-state index contributed by atoms with van der Waals surface area (Å²) in [6, 6.07) is 7.95. The van der Waals surface area contributed by atoms with Gasteiger partial charge in [-0.25, -0.2) is 4.79 Å². The number of nitrogens with zero attached hydrogens (tertiary/aromatic N) is 2. The Morgan fingerprint density at radius 3 is 2.41 bits per heavy atom. The number of nitro groups is 1. The van der Waals surface area contributed by atoms with Crippen LogP contribution in [0, 0.1) is 17.0 Å². The molecule has 0 atom stereocenters. The number of hydrogen-bond acceptors (Lipinski definition) is 8. The van der Waals surface area contributed by atoms with Crippen LogP contribution in [0.2, 0.25) is 0 Å². The van der Waals surface area contributed by atoms with Gasteiger partial charge in [0.2, 0.25) is 5.78 Å². The molecule has 0 radical (unpaired) electrons. The van der Waals surface area contributed by atoms with E-state index in [4.69, 9.17) is 9.47 Å². The van der Waals surface area contributed by atoms with E-state index >= 15 is 0 Å². The van der Waals surface area contributed by atoms with Crippen molar-refractivity contribution in [3.63, 3.8) is 0 Å². The molecule has 0 aliphatic carbocycles. The maximum atomic E-state index is 12.5. The predicted octanol–water partition coefficient (Wildman–Crippen LogP) is 2.58. The number of carbonyl (C=O) groups is 4. The lowest BCUT2D eigenvalue weighted by Crippen LogP contribution is -2.31. The molecule has 1 heterocycles. The smallest absolute Gasteiger partial charge is 0.338 e. The number of carbonyl (C=O) groups excluding carboxylic acids is 4. The third-order valence-corrected chi connectivity index (χ3v) is 5.00. The van der Waals surface area contributed by atoms with Crippen LogP contribution in [0.4, 0.5) is 5.69 Å². The Kier molecular flexibility index (Phi) is 6.74. The summed E-state index contributed by atoms with van der Waals surface area (Å²) in [7, 11) is 1.52. The number of ether oxygens (including phenoxy) is 2. The van der Waals surface area contributed by atoms with Gasteiger partial charge in [-0.05, 0) is 31.5 Å². The van der Waals surface area contributed by atoms with E-state index in [1.807, 2.05) is 0 Å². The summed E-state index contributed by atoms with van der Waals surface area (Å²) in [5, 5.41) is 11.0. The Labute approximate surface area is 182 Å². The van der Waals surface area contributed by atoms with E-state index in [-0.39, 0.29) is 34.5 Å². The van der Waals surface area contributed by atoms with Gasteiger partial charge in [0.15, 0.2) is 6.61 Å². The average molecular weight is 440 g/mol. The third-order valence-electron chi connectivity index (χ3n) is 5.00. The van der Waals surface area contributed by atoms with Gasteiger partial charge in [-0.15, -0.1) is 0 Å². The summed E-state index contributed by atoms with van der Waals surface area (Å²) >= 11 is 0. The molecule has 3 rings (SSSR count). The number of amides is 2. The van der Waals surface area contributed by atoms with Crippen LogP contribution in [0.15, 0.2) is 36.4 Å². The van der Waals surface area contributed by atoms with Crippen molar-refractivity contribution < 1.29 is 33.6 Å². The van der Waals surface area contributed by atoms with Gasteiger partial charge in [0.25, 0.3) is 17.5 Å². The standard InChI is InChI=1S/C22H20N2O8/c1-13-4-5-14(11-18(13)24(29)30)19(25)12-32-22(28)15-6-7-16-17(10-15)21(27)23(20(16)26)8-3-9-31-2/h4-7,10-11H,3,8-9,12H2,1-2H3. The molecule has 1 aliphatic rings. The normalized spacial score (nSPS) is 12.6. The molecule has 0 unspecified atom stereocenters. The quantitative estimate of drug-likeness (QED) is 0.145. The van der Waals surface area contributed by atoms with Crippen molar-refractivity contribution in [3.8, 4) is 0 Å². The average Bonchev–Trinajstić information content (AvgIpc) is 3.01. The van der Waals surface area contributed by atoms with Gasteiger partial charge in [0.1, 0.15) is 0 Å². The van der Waals surface area contributed by atoms with Crippen LogP contribution in [0.25, 0.3) is 0 Å². The van der Waals surface area contributed by atoms with E-state index in [0.717, 1.165) is 11.0 Å². The first-order chi connectivity index (χ1) is 15.2. The zero-order valence-corrected chi connectivity index (χ0v) is 17.5. The minimum absolute atomic E-state index is 0.00586. The Bertz CT molecular complexity index is 1120. The minimum atomic E-state index is -0.860. The summed E-state index contributed by atoms with van der Waals surface area (Å²) in [6.07, 6.45) is 0.482. The molecule has 0 saturated heterocycles. The van der Waals surface area contributed by atoms with E-state index in [2.05, 4.69) is 0 Å². The monoisotopic (exact) mass is 440 g/mol. The summed E-state index contributed by atoms with van der Waals surface area (Å²) in [5.74, 6) is -2.44. The first-order valence-electron chi connectivity index (χ1n) is 9.69. The molecular formula is C22H20N2O8. The molecule has 0 N–H and O–H groups in total. The molecule has 0 bridgehead atoms. The van der Waals surface area contributed by atoms with Gasteiger partial charge >= 0.3 is 5.97 Å². The lowest BCUT2D eigenvalue weighted by atomic mass is 10.1. The van der Waals surface area contributed by atoms with Gasteiger partial charge in [0, 0.05) is 37.5 Å². The summed E-state index contributed by atoms with van der Waals surface area (Å²) in [5.41, 5.74) is 0.508. The molecule has 32 heavy (non-hydrogen) atoms. The number of methoxy groups -OCH3 is 1. The van der Waals surface area contributed by atoms with Crippen LogP contribution in [-0.4, -0.2) is 60.3 Å². The highest BCUT2D eigenvalue weighted by atomic mass is 16.6. The zero-order valence-electron chi connectivity index (χ0n) is 17.5. The SMILES string of the molecule is COCCCN1C(=O)c2ccc(C(=O)OCC(=O)c3ccc(C)c([N+](=O)[O-])c3)cc2C1=O. The second-order valence-corrected chi connectivity index (χ2v) is 7.13. The maximum absolute atomic E-state index is 12.5. The lowest BCUT2D eigenvalue weighted by molar-refractivity contribution is -0.385. The van der Waals surface area contributed by atoms with E-state index in [9.17, 15) is 29.3 Å². The van der Waals surface area contributed by atoms with E-state index in [1.54, 1.807) is 6.92 Å². The molecule has 0 fully saturated rings. The zero-order chi connectivity index (χ0) is 23.4. The lowest BCUT2D eigenvalue weighted by Gasteiger charge is -2.12. The number of ketones is 1. The van der Waals surface area contributed by atoms with Gasteiger partial charge < -0.3 is 9.47 Å². The first-order valence-corrected chi connectivity index (χ1v) is 9.69. The van der Waals surface area contributed by atoms with Gasteiger partial charge in [-0.3, -0.25) is 29.4 Å². The second kappa shape index (κ2) is 9.48. The Hall–Kier alpha value is -3.92. The molecule has 10 heteroatoms. The first kappa shape index (κ1) is 22.8. The number of esters is 1. The van der Waals surface area contributed by atoms with Crippen LogP contribution in [0.3, 0.4) is 0 Å². The van der Waals surface area contributed by atoms with Crippen molar-refractivity contribution in [3.05, 3.63) is 74.3 Å². The maximum Gasteiger partial charge on any atom is 0.338 e. The predicted molar refractivity (Wildman–Crippen MR) is 111 cm³/mol. The molecule has 0 spiro atoms. The van der Waals surface area contributed by atoms with E-state index in [1.165, 1.54) is 37.4 Å². The molecular weight excluding hydrogens is 420 g/mol. The van der Waals surface area contributed by atoms with Crippen LogP contribution in [0.5, 0.6) is 0 Å². The summed E-state index contributed by atoms with van der Waals surface area (Å²) in [6.45, 7) is 1.50. The minimum Gasteiger partial charge on any atom is -0.454 e. The van der Waals surface area contributed by atoms with Gasteiger partial charge in [0.05, 0.1) is 21.6 Å². The van der Waals surface area contributed by atoms with Crippen LogP contribution < -0.4 is 0 Å². The molecule has 166 valence electrons. The fourth-order valence-electron chi connectivity index (χ4n) is 3.27. The topological polar surface area (TPSA) is 133 Å². The van der Waals surface area contributed by atoms with Crippen molar-refractivity contribution in [2.24, 2.45) is 0 Å². The number of imide groups is 1. The second-order valence-electron chi connectivity index (χ2n) is 7.13. The third kappa shape index (κ3) is 4.54. The molecule has 2 aromatic rings. The highest BCUT2D eigenvalue weighted by Crippen LogP contribution is 2.25. The van der Waals surface area contributed by atoms with Crippen LogP contribution in [-0.2, 0) is 9.47 Å². The number of rotatable bonds is 9. The van der Waals surface area contributed by atoms with Crippen molar-refractivity contribution in [1.82, 2.24) is 4.90 Å². The molecule has 2 aromatic carbocycles. The largest absolute Gasteiger partial charge is 0.454 e. The van der Waals surface area contributed by atoms with Crippen molar-refractivity contribution >= 4 is 29.3 Å². The van der Waals surface area contributed by atoms with Crippen molar-refractivity contribution in [1.29, 1.82) is 0 Å². The van der Waals surface area contributed by atoms with Crippen molar-refractivity contribution in [2.75, 3.05) is 26.9 Å². The number of hydrogen-bond donors (Lipinski definition) is 0. The fourth-order valence-corrected chi connectivity index (χ4v) is 3.27. The molecule has 0 saturated carbocycles. The molecule has 2 amide bonds. The van der Waals surface area contributed by atoms with Gasteiger partial charge in [-0.1, -0.05) is 12.1 Å². The summed E-state index contributed by atoms with van der Waals surface area (Å²) < 4.78 is 9.95. The van der Waals surface area contributed by atoms with Gasteiger partial charge in [-0.2, -0.15) is 0 Å². The number of nitro benzene ring substituents is 1. The number of fused-ring (bicyclic) bond motifs is 1. The van der Waals surface area contributed by atoms with E-state index in [0.29, 0.717) is 18.6 Å². The number of benzene rings is 2. The number of aryl methyl sites for hydroxylation is 1. The summed E-state index contributed by atoms with van der Waals surface area (Å²) in [4.78, 5) is 61.2. The Morgan fingerprint density at radius 1 is 1.03 bits per heavy atom. The molecule has 0 aromatic heterocycles. The number of Topliss-reactive ketones (excluding diaryl/α,β-unsaturated/α-hetero) is 1. The fraction of sp³-hybridized carbons (Fsp3) is 0.273. The Balaban J connectivity index is 1.68. The van der Waals surface area contributed by atoms with E-state index < -0.39 is 35.1 Å². The van der Waals surface area contributed by atoms with Crippen LogP contribution in [0.1, 0.15) is 53.4 Å². The molecule has 10 nitrogen and oxygen atoms in total. The highest BCUT2D eigenvalue weighted by molar-refractivity contribution is 6.22. The highest BCUT2D eigenvalue weighted by Gasteiger charge is 2.35.